The van der Waals surface area contributed by atoms with Gasteiger partial charge in [0.15, 0.2) is 0 Å². The second-order valence-corrected chi connectivity index (χ2v) is 5.37. The zero-order valence-electron chi connectivity index (χ0n) is 11.9. The third-order valence-corrected chi connectivity index (χ3v) is 3.80. The second-order valence-electron chi connectivity index (χ2n) is 5.37. The van der Waals surface area contributed by atoms with Crippen LogP contribution in [0.2, 0.25) is 0 Å². The van der Waals surface area contributed by atoms with Crippen LogP contribution in [-0.2, 0) is 4.79 Å². The standard InChI is InChI=1S/C16H22N2O/c1-13-12-18(14(2)11-17(13)3)16(19)10-9-15-7-5-4-6-8-15/h4-10,13-14H,11-12H2,1-3H3/b10-9+. The molecule has 19 heavy (non-hydrogen) atoms. The molecule has 0 saturated carbocycles. The largest absolute Gasteiger partial charge is 0.334 e. The highest BCUT2D eigenvalue weighted by molar-refractivity contribution is 5.92. The van der Waals surface area contributed by atoms with E-state index in [1.807, 2.05) is 41.3 Å². The van der Waals surface area contributed by atoms with Gasteiger partial charge >= 0.3 is 0 Å². The fourth-order valence-corrected chi connectivity index (χ4v) is 2.43. The van der Waals surface area contributed by atoms with E-state index in [9.17, 15) is 4.79 Å². The average Bonchev–Trinajstić information content (AvgIpc) is 2.41. The molecule has 1 saturated heterocycles. The van der Waals surface area contributed by atoms with Crippen molar-refractivity contribution < 1.29 is 4.79 Å². The summed E-state index contributed by atoms with van der Waals surface area (Å²) in [7, 11) is 2.11. The molecule has 2 rings (SSSR count). The van der Waals surface area contributed by atoms with Gasteiger partial charge in [0, 0.05) is 31.2 Å². The van der Waals surface area contributed by atoms with Crippen molar-refractivity contribution >= 4 is 12.0 Å². The van der Waals surface area contributed by atoms with E-state index in [0.29, 0.717) is 6.04 Å². The fraction of sp³-hybridized carbons (Fsp3) is 0.438. The van der Waals surface area contributed by atoms with Gasteiger partial charge in [0.05, 0.1) is 0 Å². The summed E-state index contributed by atoms with van der Waals surface area (Å²) in [5, 5.41) is 0. The van der Waals surface area contributed by atoms with E-state index < -0.39 is 0 Å². The van der Waals surface area contributed by atoms with Gasteiger partial charge in [-0.15, -0.1) is 0 Å². The highest BCUT2D eigenvalue weighted by Crippen LogP contribution is 2.14. The molecular weight excluding hydrogens is 236 g/mol. The molecule has 3 nitrogen and oxygen atoms in total. The van der Waals surface area contributed by atoms with Crippen molar-refractivity contribution in [3.63, 3.8) is 0 Å². The third kappa shape index (κ3) is 3.44. The summed E-state index contributed by atoms with van der Waals surface area (Å²) in [4.78, 5) is 16.5. The van der Waals surface area contributed by atoms with Gasteiger partial charge in [-0.1, -0.05) is 30.3 Å². The number of amides is 1. The van der Waals surface area contributed by atoms with Crippen molar-refractivity contribution in [2.45, 2.75) is 25.9 Å². The summed E-state index contributed by atoms with van der Waals surface area (Å²) in [6.07, 6.45) is 3.57. The molecule has 0 radical (unpaired) electrons. The van der Waals surface area contributed by atoms with Gasteiger partial charge in [-0.2, -0.15) is 0 Å². The fourth-order valence-electron chi connectivity index (χ4n) is 2.43. The van der Waals surface area contributed by atoms with Crippen LogP contribution in [0.5, 0.6) is 0 Å². The number of piperazine rings is 1. The molecule has 0 spiro atoms. The third-order valence-electron chi connectivity index (χ3n) is 3.80. The Morgan fingerprint density at radius 3 is 2.53 bits per heavy atom. The van der Waals surface area contributed by atoms with Crippen LogP contribution in [0.25, 0.3) is 6.08 Å². The van der Waals surface area contributed by atoms with Crippen molar-refractivity contribution in [3.05, 3.63) is 42.0 Å². The maximum atomic E-state index is 12.3. The van der Waals surface area contributed by atoms with E-state index in [-0.39, 0.29) is 11.9 Å². The molecule has 0 bridgehead atoms. The molecule has 1 fully saturated rings. The molecule has 0 aromatic heterocycles. The number of hydrogen-bond donors (Lipinski definition) is 0. The van der Waals surface area contributed by atoms with Crippen molar-refractivity contribution in [2.24, 2.45) is 0 Å². The van der Waals surface area contributed by atoms with Crippen molar-refractivity contribution in [3.8, 4) is 0 Å². The van der Waals surface area contributed by atoms with Crippen LogP contribution in [-0.4, -0.2) is 47.9 Å². The molecule has 2 unspecified atom stereocenters. The van der Waals surface area contributed by atoms with Crippen LogP contribution < -0.4 is 0 Å². The Balaban J connectivity index is 2.02. The number of rotatable bonds is 2. The first-order valence-corrected chi connectivity index (χ1v) is 6.82. The lowest BCUT2D eigenvalue weighted by Gasteiger charge is -2.42. The average molecular weight is 258 g/mol. The SMILES string of the molecule is CC1CN(C(=O)/C=C/c2ccccc2)C(C)CN1C. The summed E-state index contributed by atoms with van der Waals surface area (Å²) < 4.78 is 0. The summed E-state index contributed by atoms with van der Waals surface area (Å²) >= 11 is 0. The van der Waals surface area contributed by atoms with E-state index in [2.05, 4.69) is 25.8 Å². The smallest absolute Gasteiger partial charge is 0.246 e. The van der Waals surface area contributed by atoms with Crippen molar-refractivity contribution in [1.29, 1.82) is 0 Å². The number of carbonyl (C=O) groups is 1. The van der Waals surface area contributed by atoms with Gasteiger partial charge in [0.25, 0.3) is 0 Å². The maximum absolute atomic E-state index is 12.3. The number of benzene rings is 1. The summed E-state index contributed by atoms with van der Waals surface area (Å²) in [5.41, 5.74) is 1.06. The van der Waals surface area contributed by atoms with E-state index in [0.717, 1.165) is 18.7 Å². The van der Waals surface area contributed by atoms with Gasteiger partial charge in [-0.25, -0.2) is 0 Å². The number of carbonyl (C=O) groups excluding carboxylic acids is 1. The Kier molecular flexibility index (Phi) is 4.38. The molecule has 102 valence electrons. The minimum Gasteiger partial charge on any atom is -0.334 e. The first-order valence-electron chi connectivity index (χ1n) is 6.82. The van der Waals surface area contributed by atoms with Crippen molar-refractivity contribution in [1.82, 2.24) is 9.80 Å². The van der Waals surface area contributed by atoms with E-state index in [1.165, 1.54) is 0 Å². The first-order chi connectivity index (χ1) is 9.08. The van der Waals surface area contributed by atoms with Crippen LogP contribution in [0.15, 0.2) is 36.4 Å². The summed E-state index contributed by atoms with van der Waals surface area (Å²) in [6.45, 7) is 6.01. The normalized spacial score (nSPS) is 24.9. The molecule has 1 heterocycles. The lowest BCUT2D eigenvalue weighted by molar-refractivity contribution is -0.131. The van der Waals surface area contributed by atoms with Crippen LogP contribution in [0.4, 0.5) is 0 Å². The Labute approximate surface area is 115 Å². The number of likely N-dealkylation sites (N-methyl/N-ethyl adjacent to an activating group) is 1. The van der Waals surface area contributed by atoms with Gasteiger partial charge in [-0.3, -0.25) is 9.69 Å². The predicted octanol–water partition coefficient (Wildman–Crippen LogP) is 2.25. The maximum Gasteiger partial charge on any atom is 0.246 e. The molecule has 1 aliphatic rings. The highest BCUT2D eigenvalue weighted by atomic mass is 16.2. The Morgan fingerprint density at radius 1 is 1.16 bits per heavy atom. The Hall–Kier alpha value is -1.61. The van der Waals surface area contributed by atoms with E-state index >= 15 is 0 Å². The molecule has 0 aliphatic carbocycles. The number of hydrogen-bond acceptors (Lipinski definition) is 2. The van der Waals surface area contributed by atoms with Crippen LogP contribution in [0.3, 0.4) is 0 Å². The molecule has 1 aliphatic heterocycles. The van der Waals surface area contributed by atoms with Crippen LogP contribution >= 0.6 is 0 Å². The van der Waals surface area contributed by atoms with Gasteiger partial charge in [0.2, 0.25) is 5.91 Å². The minimum absolute atomic E-state index is 0.108. The summed E-state index contributed by atoms with van der Waals surface area (Å²) in [6, 6.07) is 10.6. The molecule has 2 atom stereocenters. The molecule has 3 heteroatoms. The quantitative estimate of drug-likeness (QED) is 0.760. The van der Waals surface area contributed by atoms with Gasteiger partial charge in [-0.05, 0) is 32.5 Å². The lowest BCUT2D eigenvalue weighted by atomic mass is 10.1. The molecule has 0 N–H and O–H groups in total. The first kappa shape index (κ1) is 13.8. The molecular formula is C16H22N2O. The predicted molar refractivity (Wildman–Crippen MR) is 78.7 cm³/mol. The van der Waals surface area contributed by atoms with E-state index in [1.54, 1.807) is 6.08 Å². The van der Waals surface area contributed by atoms with Gasteiger partial charge < -0.3 is 4.90 Å². The summed E-state index contributed by atoms with van der Waals surface area (Å²) in [5.74, 6) is 0.108. The van der Waals surface area contributed by atoms with E-state index in [4.69, 9.17) is 0 Å². The van der Waals surface area contributed by atoms with Crippen LogP contribution in [0.1, 0.15) is 19.4 Å². The zero-order valence-corrected chi connectivity index (χ0v) is 11.9. The molecule has 1 amide bonds. The van der Waals surface area contributed by atoms with Crippen LogP contribution in [0, 0.1) is 0 Å². The monoisotopic (exact) mass is 258 g/mol. The topological polar surface area (TPSA) is 23.6 Å². The highest BCUT2D eigenvalue weighted by Gasteiger charge is 2.28. The van der Waals surface area contributed by atoms with Crippen molar-refractivity contribution in [2.75, 3.05) is 20.1 Å². The number of nitrogens with zero attached hydrogens (tertiary/aromatic N) is 2. The Bertz CT molecular complexity index is 455. The lowest BCUT2D eigenvalue weighted by Crippen LogP contribution is -2.56. The molecule has 1 aromatic rings. The minimum atomic E-state index is 0.108. The second kappa shape index (κ2) is 6.02. The zero-order chi connectivity index (χ0) is 13.8. The molecule has 1 aromatic carbocycles. The Morgan fingerprint density at radius 2 is 1.84 bits per heavy atom. The van der Waals surface area contributed by atoms with Gasteiger partial charge in [0.1, 0.15) is 0 Å².